The molecule has 10 heteroatoms. The van der Waals surface area contributed by atoms with Crippen molar-refractivity contribution in [2.75, 3.05) is 11.0 Å². The van der Waals surface area contributed by atoms with E-state index in [1.165, 1.54) is 6.07 Å². The molecule has 0 aliphatic carbocycles. The molecule has 28 heavy (non-hydrogen) atoms. The lowest BCUT2D eigenvalue weighted by atomic mass is 9.97. The topological polar surface area (TPSA) is 122 Å². The van der Waals surface area contributed by atoms with Gasteiger partial charge in [0.1, 0.15) is 4.88 Å². The quantitative estimate of drug-likeness (QED) is 0.546. The van der Waals surface area contributed by atoms with Crippen LogP contribution in [0.3, 0.4) is 0 Å². The number of nitrogens with zero attached hydrogens (tertiary/aromatic N) is 1. The van der Waals surface area contributed by atoms with Crippen molar-refractivity contribution in [3.05, 3.63) is 57.4 Å². The summed E-state index contributed by atoms with van der Waals surface area (Å²) >= 11 is 7.25. The number of nitrogens with one attached hydrogen (secondary N) is 1. The van der Waals surface area contributed by atoms with E-state index in [1.807, 2.05) is 0 Å². The number of carbonyl (C=O) groups is 1. The number of aromatic nitrogens is 1. The molecule has 0 atom stereocenters. The molecule has 0 aliphatic heterocycles. The van der Waals surface area contributed by atoms with Crippen LogP contribution in [-0.2, 0) is 16.6 Å². The van der Waals surface area contributed by atoms with E-state index in [0.29, 0.717) is 27.3 Å². The lowest BCUT2D eigenvalue weighted by Gasteiger charge is -2.11. The molecule has 2 aromatic heterocycles. The molecule has 0 saturated heterocycles. The number of benzene rings is 1. The van der Waals surface area contributed by atoms with Crippen molar-refractivity contribution >= 4 is 44.6 Å². The fourth-order valence-corrected chi connectivity index (χ4v) is 4.65. The Labute approximate surface area is 170 Å². The van der Waals surface area contributed by atoms with E-state index in [-0.39, 0.29) is 22.2 Å². The Bertz CT molecular complexity index is 1150. The average Bonchev–Trinajstić information content (AvgIpc) is 3.00. The second kappa shape index (κ2) is 7.88. The van der Waals surface area contributed by atoms with E-state index in [4.69, 9.17) is 17.3 Å². The van der Waals surface area contributed by atoms with Gasteiger partial charge < -0.3 is 10.8 Å². The zero-order valence-electron chi connectivity index (χ0n) is 14.6. The number of halogens is 1. The van der Waals surface area contributed by atoms with E-state index in [9.17, 15) is 18.3 Å². The van der Waals surface area contributed by atoms with Gasteiger partial charge in [-0.15, -0.1) is 11.3 Å². The Kier molecular flexibility index (Phi) is 5.71. The molecule has 0 fully saturated rings. The van der Waals surface area contributed by atoms with Gasteiger partial charge in [0, 0.05) is 27.2 Å². The molecule has 3 rings (SSSR count). The first-order chi connectivity index (χ1) is 13.2. The molecule has 0 aliphatic rings. The van der Waals surface area contributed by atoms with E-state index < -0.39 is 15.9 Å². The molecule has 1 aromatic carbocycles. The standard InChI is InChI=1S/C18H16ClN3O4S2/c1-28(25,26)22-12-7-10(6-11(19)8-12)15-16(13-4-2-3-5-21-13)14(9-23)27-17(15)18(20)24/h2-8,22-23H,9H2,1H3,(H2,20,24). The maximum atomic E-state index is 12.1. The van der Waals surface area contributed by atoms with Crippen LogP contribution in [-0.4, -0.2) is 30.7 Å². The molecule has 2 heterocycles. The van der Waals surface area contributed by atoms with E-state index in [1.54, 1.807) is 36.5 Å². The fourth-order valence-electron chi connectivity index (χ4n) is 2.83. The van der Waals surface area contributed by atoms with Gasteiger partial charge in [-0.05, 0) is 35.9 Å². The van der Waals surface area contributed by atoms with Crippen LogP contribution in [0, 0.1) is 0 Å². The highest BCUT2D eigenvalue weighted by molar-refractivity contribution is 7.92. The number of aliphatic hydroxyl groups is 1. The number of carbonyl (C=O) groups excluding carboxylic acids is 1. The third kappa shape index (κ3) is 4.33. The normalized spacial score (nSPS) is 11.4. The molecule has 0 spiro atoms. The summed E-state index contributed by atoms with van der Waals surface area (Å²) in [5, 5.41) is 10.1. The Morgan fingerprint density at radius 2 is 2.04 bits per heavy atom. The summed E-state index contributed by atoms with van der Waals surface area (Å²) in [6.45, 7) is -0.314. The highest BCUT2D eigenvalue weighted by atomic mass is 35.5. The molecule has 0 unspecified atom stereocenters. The summed E-state index contributed by atoms with van der Waals surface area (Å²) in [6.07, 6.45) is 2.62. The molecule has 0 bridgehead atoms. The molecule has 146 valence electrons. The average molecular weight is 438 g/mol. The van der Waals surface area contributed by atoms with Crippen molar-refractivity contribution in [2.24, 2.45) is 5.73 Å². The second-order valence-corrected chi connectivity index (χ2v) is 9.23. The summed E-state index contributed by atoms with van der Waals surface area (Å²) in [6, 6.07) is 9.87. The minimum absolute atomic E-state index is 0.220. The van der Waals surface area contributed by atoms with Gasteiger partial charge in [0.05, 0.1) is 24.2 Å². The van der Waals surface area contributed by atoms with Crippen LogP contribution in [0.25, 0.3) is 22.4 Å². The Morgan fingerprint density at radius 1 is 1.29 bits per heavy atom. The Hall–Kier alpha value is -2.46. The number of thiophene rings is 1. The van der Waals surface area contributed by atoms with Gasteiger partial charge >= 0.3 is 0 Å². The van der Waals surface area contributed by atoms with Crippen LogP contribution >= 0.6 is 22.9 Å². The van der Waals surface area contributed by atoms with E-state index >= 15 is 0 Å². The first-order valence-electron chi connectivity index (χ1n) is 7.96. The monoisotopic (exact) mass is 437 g/mol. The summed E-state index contributed by atoms with van der Waals surface area (Å²) in [4.78, 5) is 17.1. The van der Waals surface area contributed by atoms with Crippen LogP contribution in [0.2, 0.25) is 5.02 Å². The zero-order valence-corrected chi connectivity index (χ0v) is 17.0. The number of anilines is 1. The van der Waals surface area contributed by atoms with Crippen molar-refractivity contribution < 1.29 is 18.3 Å². The van der Waals surface area contributed by atoms with Gasteiger partial charge in [-0.1, -0.05) is 17.7 Å². The van der Waals surface area contributed by atoms with Gasteiger partial charge in [0.15, 0.2) is 0 Å². The van der Waals surface area contributed by atoms with Crippen molar-refractivity contribution in [3.63, 3.8) is 0 Å². The van der Waals surface area contributed by atoms with Crippen LogP contribution in [0.5, 0.6) is 0 Å². The van der Waals surface area contributed by atoms with Gasteiger partial charge in [-0.2, -0.15) is 0 Å². The number of rotatable bonds is 6. The van der Waals surface area contributed by atoms with Crippen molar-refractivity contribution in [1.82, 2.24) is 4.98 Å². The molecule has 3 aromatic rings. The number of amides is 1. The minimum Gasteiger partial charge on any atom is -0.391 e. The van der Waals surface area contributed by atoms with E-state index in [2.05, 4.69) is 9.71 Å². The number of pyridine rings is 1. The summed E-state index contributed by atoms with van der Waals surface area (Å²) < 4.78 is 25.6. The number of hydrogen-bond acceptors (Lipinski definition) is 6. The molecule has 4 N–H and O–H groups in total. The largest absolute Gasteiger partial charge is 0.391 e. The maximum absolute atomic E-state index is 12.1. The summed E-state index contributed by atoms with van der Waals surface area (Å²) in [5.41, 5.74) is 7.82. The SMILES string of the molecule is CS(=O)(=O)Nc1cc(Cl)cc(-c2c(C(N)=O)sc(CO)c2-c2ccccn2)c1. The summed E-state index contributed by atoms with van der Waals surface area (Å²) in [5.74, 6) is -0.672. The van der Waals surface area contributed by atoms with Crippen LogP contribution in [0.4, 0.5) is 5.69 Å². The third-order valence-electron chi connectivity index (χ3n) is 3.76. The first kappa shape index (κ1) is 20.3. The molecule has 1 amide bonds. The number of sulfonamides is 1. The number of hydrogen-bond donors (Lipinski definition) is 3. The lowest BCUT2D eigenvalue weighted by Crippen LogP contribution is -2.11. The second-order valence-electron chi connectivity index (χ2n) is 5.94. The molecule has 7 nitrogen and oxygen atoms in total. The highest BCUT2D eigenvalue weighted by Crippen LogP contribution is 2.43. The van der Waals surface area contributed by atoms with Gasteiger partial charge in [-0.3, -0.25) is 14.5 Å². The molecular weight excluding hydrogens is 422 g/mol. The van der Waals surface area contributed by atoms with Crippen LogP contribution < -0.4 is 10.5 Å². The maximum Gasteiger partial charge on any atom is 0.259 e. The fraction of sp³-hybridized carbons (Fsp3) is 0.111. The molecular formula is C18H16ClN3O4S2. The van der Waals surface area contributed by atoms with Gasteiger partial charge in [0.2, 0.25) is 10.0 Å². The predicted octanol–water partition coefficient (Wildman–Crippen LogP) is 3.09. The van der Waals surface area contributed by atoms with Crippen molar-refractivity contribution in [2.45, 2.75) is 6.61 Å². The van der Waals surface area contributed by atoms with Crippen molar-refractivity contribution in [3.8, 4) is 22.4 Å². The molecule has 0 saturated carbocycles. The van der Waals surface area contributed by atoms with Gasteiger partial charge in [0.25, 0.3) is 5.91 Å². The van der Waals surface area contributed by atoms with Gasteiger partial charge in [-0.25, -0.2) is 8.42 Å². The third-order valence-corrected chi connectivity index (χ3v) is 5.77. The number of aliphatic hydroxyl groups excluding tert-OH is 1. The summed E-state index contributed by atoms with van der Waals surface area (Å²) in [7, 11) is -3.53. The smallest absolute Gasteiger partial charge is 0.259 e. The first-order valence-corrected chi connectivity index (χ1v) is 11.0. The predicted molar refractivity (Wildman–Crippen MR) is 111 cm³/mol. The minimum atomic E-state index is -3.53. The van der Waals surface area contributed by atoms with Crippen LogP contribution in [0.15, 0.2) is 42.6 Å². The lowest BCUT2D eigenvalue weighted by molar-refractivity contribution is 0.100. The zero-order chi connectivity index (χ0) is 20.5. The Morgan fingerprint density at radius 3 is 2.61 bits per heavy atom. The van der Waals surface area contributed by atoms with Crippen LogP contribution in [0.1, 0.15) is 14.5 Å². The number of nitrogens with two attached hydrogens (primary N) is 1. The van der Waals surface area contributed by atoms with Crippen molar-refractivity contribution in [1.29, 1.82) is 0 Å². The van der Waals surface area contributed by atoms with E-state index in [0.717, 1.165) is 17.6 Å². The Balaban J connectivity index is 2.32. The highest BCUT2D eigenvalue weighted by Gasteiger charge is 2.25. The number of primary amides is 1. The molecule has 0 radical (unpaired) electrons.